The van der Waals surface area contributed by atoms with Crippen LogP contribution < -0.4 is 0 Å². The van der Waals surface area contributed by atoms with E-state index in [0.29, 0.717) is 13.1 Å². The summed E-state index contributed by atoms with van der Waals surface area (Å²) in [5, 5.41) is 10.8. The highest BCUT2D eigenvalue weighted by atomic mass is 16.6. The van der Waals surface area contributed by atoms with Crippen molar-refractivity contribution in [1.29, 1.82) is 0 Å². The van der Waals surface area contributed by atoms with E-state index in [4.69, 9.17) is 0 Å². The Kier molecular flexibility index (Phi) is 5.88. The molecule has 1 aromatic rings. The highest BCUT2D eigenvalue weighted by Gasteiger charge is 2.38. The number of benzene rings is 1. The van der Waals surface area contributed by atoms with Gasteiger partial charge in [0.15, 0.2) is 0 Å². The van der Waals surface area contributed by atoms with Crippen LogP contribution in [0.5, 0.6) is 0 Å². The van der Waals surface area contributed by atoms with Crippen LogP contribution in [0.4, 0.5) is 5.69 Å². The van der Waals surface area contributed by atoms with Gasteiger partial charge in [0.25, 0.3) is 17.5 Å². The lowest BCUT2D eigenvalue weighted by atomic mass is 10.1. The Labute approximate surface area is 155 Å². The molecular weight excluding hydrogens is 356 g/mol. The zero-order valence-corrected chi connectivity index (χ0v) is 15.3. The van der Waals surface area contributed by atoms with Crippen LogP contribution in [0.2, 0.25) is 0 Å². The molecule has 10 nitrogen and oxygen atoms in total. The number of rotatable bonds is 7. The molecule has 0 saturated heterocycles. The van der Waals surface area contributed by atoms with Crippen LogP contribution in [0.1, 0.15) is 34.6 Å². The average Bonchev–Trinajstić information content (AvgIpc) is 2.87. The summed E-state index contributed by atoms with van der Waals surface area (Å²) in [7, 11) is 1.41. The molecule has 0 aromatic heterocycles. The summed E-state index contributed by atoms with van der Waals surface area (Å²) in [4.78, 5) is 62.8. The number of hydrogen-bond donors (Lipinski definition) is 0. The van der Waals surface area contributed by atoms with Gasteiger partial charge in [-0.1, -0.05) is 0 Å². The predicted molar refractivity (Wildman–Crippen MR) is 94.0 cm³/mol. The van der Waals surface area contributed by atoms with Crippen molar-refractivity contribution >= 4 is 29.3 Å². The summed E-state index contributed by atoms with van der Waals surface area (Å²) in [6.07, 6.45) is 0. The van der Waals surface area contributed by atoms with Gasteiger partial charge in [0.1, 0.15) is 6.54 Å². The maximum Gasteiger partial charge on any atom is 0.270 e. The number of nitro groups is 1. The fraction of sp³-hybridized carbons (Fsp3) is 0.412. The number of nitrogens with zero attached hydrogens (tertiary/aromatic N) is 4. The van der Waals surface area contributed by atoms with Gasteiger partial charge in [0.2, 0.25) is 11.8 Å². The van der Waals surface area contributed by atoms with Gasteiger partial charge in [-0.3, -0.25) is 34.2 Å². The fourth-order valence-electron chi connectivity index (χ4n) is 2.76. The van der Waals surface area contributed by atoms with Gasteiger partial charge in [-0.15, -0.1) is 0 Å². The van der Waals surface area contributed by atoms with Crippen LogP contribution in [0.15, 0.2) is 18.2 Å². The maximum atomic E-state index is 12.4. The Balaban J connectivity index is 2.10. The molecule has 0 radical (unpaired) electrons. The molecule has 144 valence electrons. The lowest BCUT2D eigenvalue weighted by Gasteiger charge is -2.24. The number of likely N-dealkylation sites (N-methyl/N-ethyl adjacent to an activating group) is 2. The van der Waals surface area contributed by atoms with Crippen LogP contribution in [0.3, 0.4) is 0 Å². The summed E-state index contributed by atoms with van der Waals surface area (Å²) < 4.78 is 0. The molecule has 1 aromatic carbocycles. The molecule has 0 aliphatic carbocycles. The summed E-state index contributed by atoms with van der Waals surface area (Å²) in [6, 6.07) is 3.35. The SMILES string of the molecule is CCN(CC)C(=O)CN(C)C(=O)CN1C(=O)c2ccc([N+](=O)[O-])cc2C1=O. The summed E-state index contributed by atoms with van der Waals surface area (Å²) >= 11 is 0. The Morgan fingerprint density at radius 1 is 1.07 bits per heavy atom. The number of non-ortho nitro benzene ring substituents is 1. The zero-order chi connectivity index (χ0) is 20.3. The predicted octanol–water partition coefficient (Wildman–Crippen LogP) is 0.518. The van der Waals surface area contributed by atoms with E-state index in [9.17, 15) is 29.3 Å². The monoisotopic (exact) mass is 376 g/mol. The van der Waals surface area contributed by atoms with E-state index in [1.165, 1.54) is 13.1 Å². The summed E-state index contributed by atoms with van der Waals surface area (Å²) in [6.45, 7) is 3.95. The first-order valence-electron chi connectivity index (χ1n) is 8.37. The quantitative estimate of drug-likeness (QED) is 0.388. The molecule has 4 amide bonds. The van der Waals surface area contributed by atoms with E-state index in [1.54, 1.807) is 4.90 Å². The molecule has 0 bridgehead atoms. The molecule has 1 aliphatic heterocycles. The first kappa shape index (κ1) is 20.0. The number of nitro benzene ring substituents is 1. The average molecular weight is 376 g/mol. The Morgan fingerprint density at radius 2 is 1.67 bits per heavy atom. The van der Waals surface area contributed by atoms with E-state index in [2.05, 4.69) is 0 Å². The number of hydrogen-bond acceptors (Lipinski definition) is 6. The van der Waals surface area contributed by atoms with E-state index in [-0.39, 0.29) is 29.3 Å². The minimum atomic E-state index is -0.768. The fourth-order valence-corrected chi connectivity index (χ4v) is 2.76. The minimum Gasteiger partial charge on any atom is -0.342 e. The molecular formula is C17H20N4O6. The van der Waals surface area contributed by atoms with Crippen molar-refractivity contribution in [3.8, 4) is 0 Å². The highest BCUT2D eigenvalue weighted by Crippen LogP contribution is 2.26. The van der Waals surface area contributed by atoms with Gasteiger partial charge in [-0.25, -0.2) is 0 Å². The van der Waals surface area contributed by atoms with E-state index < -0.39 is 29.2 Å². The number of fused-ring (bicyclic) bond motifs is 1. The van der Waals surface area contributed by atoms with Gasteiger partial charge >= 0.3 is 0 Å². The Bertz CT molecular complexity index is 818. The van der Waals surface area contributed by atoms with Gasteiger partial charge in [0.05, 0.1) is 22.6 Å². The number of carbonyl (C=O) groups excluding carboxylic acids is 4. The molecule has 0 unspecified atom stereocenters. The summed E-state index contributed by atoms with van der Waals surface area (Å²) in [5.74, 6) is -2.29. The molecule has 1 heterocycles. The van der Waals surface area contributed by atoms with Crippen molar-refractivity contribution in [3.63, 3.8) is 0 Å². The molecule has 0 N–H and O–H groups in total. The topological polar surface area (TPSA) is 121 Å². The molecule has 0 spiro atoms. The van der Waals surface area contributed by atoms with Crippen LogP contribution >= 0.6 is 0 Å². The van der Waals surface area contributed by atoms with E-state index in [0.717, 1.165) is 21.9 Å². The van der Waals surface area contributed by atoms with Crippen LogP contribution in [0, 0.1) is 10.1 Å². The normalized spacial score (nSPS) is 12.8. The van der Waals surface area contributed by atoms with Crippen molar-refractivity contribution in [1.82, 2.24) is 14.7 Å². The van der Waals surface area contributed by atoms with Crippen molar-refractivity contribution in [2.45, 2.75) is 13.8 Å². The molecule has 0 saturated carbocycles. The van der Waals surface area contributed by atoms with Crippen molar-refractivity contribution in [2.24, 2.45) is 0 Å². The maximum absolute atomic E-state index is 12.4. The third kappa shape index (κ3) is 3.94. The molecule has 27 heavy (non-hydrogen) atoms. The lowest BCUT2D eigenvalue weighted by molar-refractivity contribution is -0.384. The highest BCUT2D eigenvalue weighted by molar-refractivity contribution is 6.22. The lowest BCUT2D eigenvalue weighted by Crippen LogP contribution is -2.45. The number of amides is 4. The van der Waals surface area contributed by atoms with Gasteiger partial charge in [-0.05, 0) is 19.9 Å². The second kappa shape index (κ2) is 7.94. The number of imide groups is 1. The third-order valence-corrected chi connectivity index (χ3v) is 4.37. The van der Waals surface area contributed by atoms with Crippen molar-refractivity contribution in [3.05, 3.63) is 39.4 Å². The van der Waals surface area contributed by atoms with Gasteiger partial charge in [-0.2, -0.15) is 0 Å². The standard InChI is InChI=1S/C17H20N4O6/c1-4-19(5-2)15(23)9-18(3)14(22)10-20-16(24)12-7-6-11(21(26)27)8-13(12)17(20)25/h6-8H,4-5,9-10H2,1-3H3. The van der Waals surface area contributed by atoms with Crippen LogP contribution in [-0.4, -0.2) is 76.5 Å². The zero-order valence-electron chi connectivity index (χ0n) is 15.3. The first-order valence-corrected chi connectivity index (χ1v) is 8.37. The Hall–Kier alpha value is -3.30. The molecule has 1 aliphatic rings. The van der Waals surface area contributed by atoms with Gasteiger partial charge in [0, 0.05) is 32.3 Å². The minimum absolute atomic E-state index is 0.0141. The smallest absolute Gasteiger partial charge is 0.270 e. The molecule has 2 rings (SSSR count). The molecule has 10 heteroatoms. The first-order chi connectivity index (χ1) is 12.7. The Morgan fingerprint density at radius 3 is 2.22 bits per heavy atom. The summed E-state index contributed by atoms with van der Waals surface area (Å²) in [5.41, 5.74) is -0.408. The third-order valence-electron chi connectivity index (χ3n) is 4.37. The second-order valence-electron chi connectivity index (χ2n) is 6.00. The van der Waals surface area contributed by atoms with Crippen LogP contribution in [-0.2, 0) is 9.59 Å². The van der Waals surface area contributed by atoms with E-state index in [1.807, 2.05) is 13.8 Å². The molecule has 0 fully saturated rings. The van der Waals surface area contributed by atoms with Crippen molar-refractivity contribution < 1.29 is 24.1 Å². The van der Waals surface area contributed by atoms with Gasteiger partial charge < -0.3 is 9.80 Å². The molecule has 0 atom stereocenters. The van der Waals surface area contributed by atoms with Crippen LogP contribution in [0.25, 0.3) is 0 Å². The second-order valence-corrected chi connectivity index (χ2v) is 6.00. The largest absolute Gasteiger partial charge is 0.342 e. The number of carbonyl (C=O) groups is 4. The van der Waals surface area contributed by atoms with Crippen molar-refractivity contribution in [2.75, 3.05) is 33.2 Å². The van der Waals surface area contributed by atoms with E-state index >= 15 is 0 Å².